The largest absolute Gasteiger partial charge is 0.359 e. The predicted molar refractivity (Wildman–Crippen MR) is 56.1 cm³/mol. The molecule has 0 saturated heterocycles. The van der Waals surface area contributed by atoms with Crippen LogP contribution in [0.4, 0.5) is 4.39 Å². The van der Waals surface area contributed by atoms with E-state index in [1.54, 1.807) is 19.2 Å². The van der Waals surface area contributed by atoms with E-state index in [-0.39, 0.29) is 5.92 Å². The van der Waals surface area contributed by atoms with Crippen molar-refractivity contribution in [3.63, 3.8) is 0 Å². The fourth-order valence-corrected chi connectivity index (χ4v) is 0.706. The molecule has 1 N–H and O–H groups in total. The van der Waals surface area contributed by atoms with Gasteiger partial charge in [0.1, 0.15) is 0 Å². The molecule has 0 spiro atoms. The first-order valence-electron chi connectivity index (χ1n) is 4.72. The summed E-state index contributed by atoms with van der Waals surface area (Å²) in [5.41, 5.74) is 1.02. The predicted octanol–water partition coefficient (Wildman–Crippen LogP) is 3.40. The maximum atomic E-state index is 13.7. The zero-order valence-electron chi connectivity index (χ0n) is 9.02. The second-order valence-corrected chi connectivity index (χ2v) is 3.65. The monoisotopic (exact) mass is 185 g/mol. The molecule has 0 aromatic carbocycles. The van der Waals surface area contributed by atoms with Crippen molar-refractivity contribution in [3.8, 4) is 0 Å². The van der Waals surface area contributed by atoms with Crippen LogP contribution in [0.5, 0.6) is 0 Å². The molecule has 0 aromatic heterocycles. The maximum Gasteiger partial charge on any atom is 0.179 e. The molecule has 13 heavy (non-hydrogen) atoms. The van der Waals surface area contributed by atoms with Crippen molar-refractivity contribution < 1.29 is 4.39 Å². The summed E-state index contributed by atoms with van der Waals surface area (Å²) in [5.74, 6) is -1.39. The van der Waals surface area contributed by atoms with Crippen molar-refractivity contribution in [3.05, 3.63) is 24.4 Å². The standard InChI is InChI=1S/C11H20FN/c1-6-10(7-2)8-13-11(5,12)9(3)4/h6,8-9,13H,1,7H2,2-5H3/b10-8+. The molecule has 1 nitrogen and oxygen atoms in total. The Hall–Kier alpha value is -0.790. The second kappa shape index (κ2) is 5.05. The fraction of sp³-hybridized carbons (Fsp3) is 0.636. The van der Waals surface area contributed by atoms with Gasteiger partial charge in [-0.15, -0.1) is 0 Å². The topological polar surface area (TPSA) is 12.0 Å². The highest BCUT2D eigenvalue weighted by Gasteiger charge is 2.25. The lowest BCUT2D eigenvalue weighted by Gasteiger charge is -2.25. The summed E-state index contributed by atoms with van der Waals surface area (Å²) in [7, 11) is 0. The van der Waals surface area contributed by atoms with E-state index in [2.05, 4.69) is 11.9 Å². The molecule has 0 amide bonds. The van der Waals surface area contributed by atoms with Gasteiger partial charge in [-0.3, -0.25) is 0 Å². The summed E-state index contributed by atoms with van der Waals surface area (Å²) in [4.78, 5) is 0. The molecule has 0 saturated carbocycles. The lowest BCUT2D eigenvalue weighted by atomic mass is 10.0. The minimum atomic E-state index is -1.34. The summed E-state index contributed by atoms with van der Waals surface area (Å²) in [6.45, 7) is 10.9. The van der Waals surface area contributed by atoms with Gasteiger partial charge in [0.2, 0.25) is 0 Å². The fourth-order valence-electron chi connectivity index (χ4n) is 0.706. The number of rotatable bonds is 5. The van der Waals surface area contributed by atoms with Gasteiger partial charge in [-0.1, -0.05) is 33.4 Å². The van der Waals surface area contributed by atoms with Crippen LogP contribution in [0, 0.1) is 5.92 Å². The van der Waals surface area contributed by atoms with Gasteiger partial charge in [-0.05, 0) is 18.9 Å². The van der Waals surface area contributed by atoms with Gasteiger partial charge in [0, 0.05) is 12.1 Å². The number of halogens is 1. The summed E-state index contributed by atoms with van der Waals surface area (Å²) in [6, 6.07) is 0. The lowest BCUT2D eigenvalue weighted by molar-refractivity contribution is 0.0978. The Kier molecular flexibility index (Phi) is 4.74. The van der Waals surface area contributed by atoms with Gasteiger partial charge in [0.05, 0.1) is 0 Å². The van der Waals surface area contributed by atoms with E-state index >= 15 is 0 Å². The van der Waals surface area contributed by atoms with Gasteiger partial charge in [0.25, 0.3) is 0 Å². The van der Waals surface area contributed by atoms with Crippen LogP contribution in [0.2, 0.25) is 0 Å². The van der Waals surface area contributed by atoms with Crippen molar-refractivity contribution in [1.82, 2.24) is 5.32 Å². The Balaban J connectivity index is 4.28. The van der Waals surface area contributed by atoms with Crippen LogP contribution in [0.25, 0.3) is 0 Å². The third-order valence-electron chi connectivity index (χ3n) is 2.29. The first-order valence-corrected chi connectivity index (χ1v) is 4.72. The Morgan fingerprint density at radius 2 is 2.15 bits per heavy atom. The minimum Gasteiger partial charge on any atom is -0.359 e. The van der Waals surface area contributed by atoms with Gasteiger partial charge in [0.15, 0.2) is 5.79 Å². The highest BCUT2D eigenvalue weighted by molar-refractivity contribution is 5.14. The van der Waals surface area contributed by atoms with Crippen molar-refractivity contribution >= 4 is 0 Å². The van der Waals surface area contributed by atoms with E-state index in [9.17, 15) is 4.39 Å². The van der Waals surface area contributed by atoms with Crippen molar-refractivity contribution in [2.45, 2.75) is 39.9 Å². The minimum absolute atomic E-state index is 0.0494. The molecule has 0 aliphatic rings. The normalized spacial score (nSPS) is 16.9. The van der Waals surface area contributed by atoms with Crippen LogP contribution in [0.1, 0.15) is 34.1 Å². The average Bonchev–Trinajstić information content (AvgIpc) is 2.06. The quantitative estimate of drug-likeness (QED) is 0.511. The summed E-state index contributed by atoms with van der Waals surface area (Å²) in [5, 5.41) is 2.76. The molecule has 0 rings (SSSR count). The Bertz CT molecular complexity index is 192. The number of hydrogen-bond donors (Lipinski definition) is 1. The third kappa shape index (κ3) is 4.11. The number of nitrogens with one attached hydrogen (secondary N) is 1. The molecule has 0 aliphatic heterocycles. The van der Waals surface area contributed by atoms with Gasteiger partial charge in [-0.2, -0.15) is 0 Å². The summed E-state index contributed by atoms with van der Waals surface area (Å²) >= 11 is 0. The first kappa shape index (κ1) is 12.2. The molecular formula is C11H20FN. The van der Waals surface area contributed by atoms with E-state index in [0.29, 0.717) is 0 Å². The van der Waals surface area contributed by atoms with Crippen LogP contribution in [-0.4, -0.2) is 5.79 Å². The molecule has 0 radical (unpaired) electrons. The van der Waals surface area contributed by atoms with E-state index in [4.69, 9.17) is 0 Å². The molecule has 0 heterocycles. The molecular weight excluding hydrogens is 165 g/mol. The number of alkyl halides is 1. The van der Waals surface area contributed by atoms with E-state index in [1.807, 2.05) is 20.8 Å². The molecule has 0 bridgehead atoms. The van der Waals surface area contributed by atoms with Crippen molar-refractivity contribution in [2.75, 3.05) is 0 Å². The lowest BCUT2D eigenvalue weighted by Crippen LogP contribution is -2.39. The molecule has 0 aliphatic carbocycles. The zero-order chi connectivity index (χ0) is 10.5. The van der Waals surface area contributed by atoms with Crippen LogP contribution in [0.3, 0.4) is 0 Å². The van der Waals surface area contributed by atoms with Crippen LogP contribution >= 0.6 is 0 Å². The van der Waals surface area contributed by atoms with Crippen molar-refractivity contribution in [2.24, 2.45) is 5.92 Å². The molecule has 0 fully saturated rings. The first-order chi connectivity index (χ1) is 5.94. The molecule has 1 unspecified atom stereocenters. The molecule has 0 aromatic rings. The van der Waals surface area contributed by atoms with Crippen molar-refractivity contribution in [1.29, 1.82) is 0 Å². The van der Waals surface area contributed by atoms with Gasteiger partial charge >= 0.3 is 0 Å². The van der Waals surface area contributed by atoms with Gasteiger partial charge in [-0.25, -0.2) is 4.39 Å². The highest BCUT2D eigenvalue weighted by atomic mass is 19.1. The highest BCUT2D eigenvalue weighted by Crippen LogP contribution is 2.18. The third-order valence-corrected chi connectivity index (χ3v) is 2.29. The molecule has 2 heteroatoms. The van der Waals surface area contributed by atoms with Gasteiger partial charge < -0.3 is 5.32 Å². The van der Waals surface area contributed by atoms with Crippen LogP contribution in [0.15, 0.2) is 24.4 Å². The van der Waals surface area contributed by atoms with Crippen LogP contribution in [-0.2, 0) is 0 Å². The maximum absolute atomic E-state index is 13.7. The average molecular weight is 185 g/mol. The van der Waals surface area contributed by atoms with E-state index in [0.717, 1.165) is 12.0 Å². The summed E-state index contributed by atoms with van der Waals surface area (Å²) < 4.78 is 13.7. The molecule has 76 valence electrons. The number of allylic oxidation sites excluding steroid dienone is 2. The van der Waals surface area contributed by atoms with E-state index < -0.39 is 5.79 Å². The Labute approximate surface area is 80.7 Å². The Morgan fingerprint density at radius 1 is 1.62 bits per heavy atom. The Morgan fingerprint density at radius 3 is 2.46 bits per heavy atom. The SMILES string of the molecule is C=C/C(=C\NC(C)(F)C(C)C)CC. The zero-order valence-corrected chi connectivity index (χ0v) is 9.02. The smallest absolute Gasteiger partial charge is 0.179 e. The second-order valence-electron chi connectivity index (χ2n) is 3.65. The van der Waals surface area contributed by atoms with E-state index in [1.165, 1.54) is 0 Å². The van der Waals surface area contributed by atoms with Crippen LogP contribution < -0.4 is 5.32 Å². The number of hydrogen-bond acceptors (Lipinski definition) is 1. The molecule has 1 atom stereocenters. The summed E-state index contributed by atoms with van der Waals surface area (Å²) in [6.07, 6.45) is 4.31.